The topological polar surface area (TPSA) is 39.6 Å². The van der Waals surface area contributed by atoms with Crippen molar-refractivity contribution < 1.29 is 5.11 Å². The second kappa shape index (κ2) is 5.72. The van der Waals surface area contributed by atoms with Crippen LogP contribution in [0.4, 0.5) is 5.82 Å². The lowest BCUT2D eigenvalue weighted by Gasteiger charge is -2.31. The molecular weight excluding hydrogens is 350 g/mol. The third-order valence-corrected chi connectivity index (χ3v) is 6.04. The van der Waals surface area contributed by atoms with Crippen molar-refractivity contribution in [2.45, 2.75) is 56.7 Å². The minimum absolute atomic E-state index is 0.132. The zero-order chi connectivity index (χ0) is 15.2. The highest BCUT2D eigenvalue weighted by molar-refractivity contribution is 9.10. The number of hydrogen-bond donors (Lipinski definition) is 1. The molecule has 3 rings (SSSR count). The maximum absolute atomic E-state index is 9.65. The highest BCUT2D eigenvalue weighted by atomic mass is 79.9. The Labute approximate surface area is 139 Å². The van der Waals surface area contributed by atoms with Gasteiger partial charge in [-0.25, -0.2) is 9.29 Å². The van der Waals surface area contributed by atoms with Gasteiger partial charge in [0, 0.05) is 23.5 Å². The molecule has 3 heterocycles. The van der Waals surface area contributed by atoms with Gasteiger partial charge >= 0.3 is 0 Å². The summed E-state index contributed by atoms with van der Waals surface area (Å²) in [6.07, 6.45) is 1.50. The van der Waals surface area contributed by atoms with Gasteiger partial charge in [-0.15, -0.1) is 0 Å². The van der Waals surface area contributed by atoms with E-state index in [4.69, 9.17) is 4.98 Å². The molecule has 116 valence electrons. The van der Waals surface area contributed by atoms with Gasteiger partial charge in [0.2, 0.25) is 0 Å². The highest BCUT2D eigenvalue weighted by Crippen LogP contribution is 2.43. The molecule has 0 bridgehead atoms. The second-order valence-corrected chi connectivity index (χ2v) is 8.67. The van der Waals surface area contributed by atoms with Crippen molar-refractivity contribution in [3.63, 3.8) is 0 Å². The fourth-order valence-electron chi connectivity index (χ4n) is 2.65. The van der Waals surface area contributed by atoms with Crippen molar-refractivity contribution in [1.82, 2.24) is 9.29 Å². The smallest absolute Gasteiger partial charge is 0.143 e. The van der Waals surface area contributed by atoms with Crippen LogP contribution in [-0.4, -0.2) is 39.1 Å². The maximum atomic E-state index is 9.65. The fraction of sp³-hybridized carbons (Fsp3) is 0.667. The first-order valence-corrected chi connectivity index (χ1v) is 8.99. The monoisotopic (exact) mass is 371 g/mol. The molecule has 0 unspecified atom stereocenters. The van der Waals surface area contributed by atoms with Gasteiger partial charge in [0.25, 0.3) is 0 Å². The number of aliphatic hydroxyl groups excluding tert-OH is 1. The lowest BCUT2D eigenvalue weighted by atomic mass is 10.1. The van der Waals surface area contributed by atoms with E-state index in [1.165, 1.54) is 10.6 Å². The van der Waals surface area contributed by atoms with Crippen molar-refractivity contribution in [3.05, 3.63) is 16.2 Å². The number of piperidine rings is 1. The molecule has 2 aliphatic rings. The average Bonchev–Trinajstić information content (AvgIpc) is 2.81. The molecule has 0 atom stereocenters. The number of aliphatic hydroxyl groups is 1. The number of aromatic nitrogens is 1. The number of nitrogens with zero attached hydrogens (tertiary/aromatic N) is 3. The van der Waals surface area contributed by atoms with Gasteiger partial charge in [-0.05, 0) is 67.6 Å². The van der Waals surface area contributed by atoms with E-state index in [1.807, 2.05) is 0 Å². The van der Waals surface area contributed by atoms with E-state index >= 15 is 0 Å². The van der Waals surface area contributed by atoms with Crippen molar-refractivity contribution in [2.24, 2.45) is 0 Å². The van der Waals surface area contributed by atoms with E-state index in [-0.39, 0.29) is 11.6 Å². The first kappa shape index (κ1) is 15.6. The molecular formula is C15H22BrN3OS. The lowest BCUT2D eigenvalue weighted by Crippen LogP contribution is -2.36. The van der Waals surface area contributed by atoms with Crippen molar-refractivity contribution in [2.75, 3.05) is 18.0 Å². The number of hydrogen-bond acceptors (Lipinski definition) is 5. The molecule has 1 N–H and O–H groups in total. The summed E-state index contributed by atoms with van der Waals surface area (Å²) in [5.41, 5.74) is 1.30. The van der Waals surface area contributed by atoms with Crippen LogP contribution in [-0.2, 0) is 6.54 Å². The van der Waals surface area contributed by atoms with Crippen molar-refractivity contribution in [3.8, 4) is 0 Å². The van der Waals surface area contributed by atoms with Crippen molar-refractivity contribution in [1.29, 1.82) is 0 Å². The molecule has 0 saturated carbocycles. The SMILES string of the molecule is CC(C)(C)N1Cc2nc(N3CCC(O)CC3)c(Br)cc2S1. The Hall–Kier alpha value is -0.300. The summed E-state index contributed by atoms with van der Waals surface area (Å²) in [7, 11) is 0. The molecule has 2 aliphatic heterocycles. The van der Waals surface area contributed by atoms with Crippen LogP contribution in [0, 0.1) is 0 Å². The van der Waals surface area contributed by atoms with E-state index in [9.17, 15) is 5.11 Å². The van der Waals surface area contributed by atoms with Crippen LogP contribution in [0.5, 0.6) is 0 Å². The molecule has 0 radical (unpaired) electrons. The van der Waals surface area contributed by atoms with Crippen LogP contribution < -0.4 is 4.90 Å². The van der Waals surface area contributed by atoms with Crippen molar-refractivity contribution >= 4 is 33.7 Å². The molecule has 0 spiro atoms. The number of anilines is 1. The standard InChI is InChI=1S/C15H22BrN3OS/c1-15(2,3)19-9-12-13(21-19)8-11(16)14(17-12)18-6-4-10(20)5-7-18/h8,10,20H,4-7,9H2,1-3H3. The van der Waals surface area contributed by atoms with Crippen LogP contribution in [0.1, 0.15) is 39.3 Å². The number of halogens is 1. The van der Waals surface area contributed by atoms with Gasteiger partial charge in [0.15, 0.2) is 0 Å². The molecule has 0 aliphatic carbocycles. The Morgan fingerprint density at radius 3 is 2.62 bits per heavy atom. The third kappa shape index (κ3) is 3.23. The van der Waals surface area contributed by atoms with Crippen LogP contribution in [0.2, 0.25) is 0 Å². The fourth-order valence-corrected chi connectivity index (χ4v) is 4.46. The molecule has 21 heavy (non-hydrogen) atoms. The predicted molar refractivity (Wildman–Crippen MR) is 90.5 cm³/mol. The zero-order valence-corrected chi connectivity index (χ0v) is 15.2. The van der Waals surface area contributed by atoms with Crippen LogP contribution in [0.3, 0.4) is 0 Å². The molecule has 0 amide bonds. The molecule has 6 heteroatoms. The highest BCUT2D eigenvalue weighted by Gasteiger charge is 2.32. The molecule has 1 saturated heterocycles. The molecule has 0 aromatic carbocycles. The Kier molecular flexibility index (Phi) is 4.25. The van der Waals surface area contributed by atoms with Gasteiger partial charge < -0.3 is 10.0 Å². The quantitative estimate of drug-likeness (QED) is 0.765. The Balaban J connectivity index is 1.83. The van der Waals surface area contributed by atoms with Gasteiger partial charge in [0.1, 0.15) is 5.82 Å². The maximum Gasteiger partial charge on any atom is 0.143 e. The number of fused-ring (bicyclic) bond motifs is 1. The normalized spacial score (nSPS) is 20.9. The van der Waals surface area contributed by atoms with Gasteiger partial charge in [-0.2, -0.15) is 0 Å². The summed E-state index contributed by atoms with van der Waals surface area (Å²) >= 11 is 5.47. The van der Waals surface area contributed by atoms with E-state index in [2.05, 4.69) is 52.0 Å². The molecule has 1 aromatic heterocycles. The summed E-state index contributed by atoms with van der Waals surface area (Å²) in [6.45, 7) is 9.33. The van der Waals surface area contributed by atoms with Gasteiger partial charge in [-0.3, -0.25) is 0 Å². The Morgan fingerprint density at radius 2 is 2.00 bits per heavy atom. The number of rotatable bonds is 1. The Bertz CT molecular complexity index is 538. The minimum atomic E-state index is -0.151. The lowest BCUT2D eigenvalue weighted by molar-refractivity contribution is 0.145. The molecule has 4 nitrogen and oxygen atoms in total. The second-order valence-electron chi connectivity index (χ2n) is 6.76. The van der Waals surface area contributed by atoms with Crippen LogP contribution in [0.15, 0.2) is 15.4 Å². The summed E-state index contributed by atoms with van der Waals surface area (Å²) in [4.78, 5) is 8.43. The van der Waals surface area contributed by atoms with Crippen LogP contribution in [0.25, 0.3) is 0 Å². The first-order chi connectivity index (χ1) is 9.84. The molecule has 1 aromatic rings. The predicted octanol–water partition coefficient (Wildman–Crippen LogP) is 3.43. The minimum Gasteiger partial charge on any atom is -0.393 e. The zero-order valence-electron chi connectivity index (χ0n) is 12.8. The van der Waals surface area contributed by atoms with E-state index in [0.29, 0.717) is 0 Å². The summed E-state index contributed by atoms with van der Waals surface area (Å²) in [5, 5.41) is 9.65. The van der Waals surface area contributed by atoms with E-state index < -0.39 is 0 Å². The van der Waals surface area contributed by atoms with E-state index in [1.54, 1.807) is 11.9 Å². The van der Waals surface area contributed by atoms with E-state index in [0.717, 1.165) is 42.8 Å². The largest absolute Gasteiger partial charge is 0.393 e. The molecule has 1 fully saturated rings. The summed E-state index contributed by atoms with van der Waals surface area (Å²) in [5.74, 6) is 1.03. The third-order valence-electron chi connectivity index (χ3n) is 4.01. The summed E-state index contributed by atoms with van der Waals surface area (Å²) in [6, 6.07) is 2.19. The Morgan fingerprint density at radius 1 is 1.33 bits per heavy atom. The van der Waals surface area contributed by atoms with Gasteiger partial charge in [-0.1, -0.05) is 0 Å². The number of pyridine rings is 1. The van der Waals surface area contributed by atoms with Crippen LogP contribution >= 0.6 is 27.9 Å². The first-order valence-electron chi connectivity index (χ1n) is 7.42. The average molecular weight is 372 g/mol. The summed E-state index contributed by atoms with van der Waals surface area (Å²) < 4.78 is 3.43. The van der Waals surface area contributed by atoms with Gasteiger partial charge in [0.05, 0.1) is 22.8 Å².